The predicted octanol–water partition coefficient (Wildman–Crippen LogP) is 5.84. The van der Waals surface area contributed by atoms with Gasteiger partial charge in [-0.25, -0.2) is 9.18 Å². The Bertz CT molecular complexity index is 1010. The summed E-state index contributed by atoms with van der Waals surface area (Å²) in [6.07, 6.45) is 0.679. The largest absolute Gasteiger partial charge is 0.465 e. The Morgan fingerprint density at radius 3 is 2.61 bits per heavy atom. The Morgan fingerprint density at radius 2 is 1.93 bits per heavy atom. The molecule has 0 spiro atoms. The summed E-state index contributed by atoms with van der Waals surface area (Å²) in [7, 11) is 1.33. The van der Waals surface area contributed by atoms with Crippen molar-refractivity contribution in [2.24, 2.45) is 0 Å². The number of ether oxygens (including phenoxy) is 1. The smallest absolute Gasteiger partial charge is 0.340 e. The fraction of sp³-hybridized carbons (Fsp3) is 0.100. The molecule has 2 aromatic carbocycles. The van der Waals surface area contributed by atoms with Crippen molar-refractivity contribution in [2.75, 3.05) is 17.7 Å². The number of carbonyl (C=O) groups excluding carboxylic acids is 1. The van der Waals surface area contributed by atoms with Gasteiger partial charge in [0.15, 0.2) is 5.11 Å². The van der Waals surface area contributed by atoms with Crippen molar-refractivity contribution >= 4 is 61.3 Å². The fourth-order valence-corrected chi connectivity index (χ4v) is 4.22. The monoisotopic (exact) mass is 478 g/mol. The van der Waals surface area contributed by atoms with Crippen LogP contribution in [-0.2, 0) is 11.2 Å². The average Bonchev–Trinajstić information content (AvgIpc) is 3.06. The van der Waals surface area contributed by atoms with E-state index in [2.05, 4.69) is 26.6 Å². The van der Waals surface area contributed by atoms with Crippen LogP contribution in [0.2, 0.25) is 0 Å². The standard InChI is InChI=1S/C20H16BrFN2O2S2/c1-26-19(25)15-11-14(9-12-5-3-2-4-6-12)28-18(15)24-20(27)23-17-8-7-13(21)10-16(17)22/h2-8,10-11H,9H2,1H3,(H2,23,24,27). The average molecular weight is 479 g/mol. The number of thiocarbonyl (C=S) groups is 1. The Labute approximate surface area is 179 Å². The summed E-state index contributed by atoms with van der Waals surface area (Å²) in [5.74, 6) is -0.904. The van der Waals surface area contributed by atoms with Crippen LogP contribution in [-0.4, -0.2) is 18.2 Å². The summed E-state index contributed by atoms with van der Waals surface area (Å²) in [6.45, 7) is 0. The van der Waals surface area contributed by atoms with Gasteiger partial charge in [-0.05, 0) is 42.0 Å². The van der Waals surface area contributed by atoms with Gasteiger partial charge >= 0.3 is 5.97 Å². The van der Waals surface area contributed by atoms with Crippen LogP contribution in [0.1, 0.15) is 20.8 Å². The molecule has 0 unspecified atom stereocenters. The summed E-state index contributed by atoms with van der Waals surface area (Å²) in [4.78, 5) is 13.1. The van der Waals surface area contributed by atoms with E-state index >= 15 is 0 Å². The maximum Gasteiger partial charge on any atom is 0.340 e. The van der Waals surface area contributed by atoms with Crippen molar-refractivity contribution in [1.82, 2.24) is 0 Å². The van der Waals surface area contributed by atoms with Crippen LogP contribution in [0.25, 0.3) is 0 Å². The summed E-state index contributed by atoms with van der Waals surface area (Å²) in [5, 5.41) is 6.52. The number of hydrogen-bond donors (Lipinski definition) is 2. The van der Waals surface area contributed by atoms with Gasteiger partial charge < -0.3 is 15.4 Å². The van der Waals surface area contributed by atoms with E-state index < -0.39 is 11.8 Å². The quantitative estimate of drug-likeness (QED) is 0.356. The summed E-state index contributed by atoms with van der Waals surface area (Å²) < 4.78 is 19.5. The minimum atomic E-state index is -0.462. The molecule has 0 aliphatic heterocycles. The van der Waals surface area contributed by atoms with Crippen LogP contribution in [0.4, 0.5) is 15.1 Å². The number of carbonyl (C=O) groups is 1. The van der Waals surface area contributed by atoms with Crippen LogP contribution < -0.4 is 10.6 Å². The summed E-state index contributed by atoms with van der Waals surface area (Å²) in [6, 6.07) is 16.3. The maximum absolute atomic E-state index is 14.0. The third-order valence-electron chi connectivity index (χ3n) is 3.82. The highest BCUT2D eigenvalue weighted by molar-refractivity contribution is 9.10. The van der Waals surface area contributed by atoms with Crippen molar-refractivity contribution in [3.63, 3.8) is 0 Å². The van der Waals surface area contributed by atoms with E-state index in [0.29, 0.717) is 21.5 Å². The first kappa shape index (κ1) is 20.4. The Balaban J connectivity index is 1.79. The summed E-state index contributed by atoms with van der Waals surface area (Å²) >= 11 is 9.90. The van der Waals surface area contributed by atoms with Gasteiger partial charge in [0.1, 0.15) is 10.8 Å². The van der Waals surface area contributed by atoms with Crippen LogP contribution in [0.3, 0.4) is 0 Å². The molecule has 1 aromatic heterocycles. The maximum atomic E-state index is 14.0. The predicted molar refractivity (Wildman–Crippen MR) is 119 cm³/mol. The van der Waals surface area contributed by atoms with E-state index in [9.17, 15) is 9.18 Å². The van der Waals surface area contributed by atoms with E-state index in [4.69, 9.17) is 17.0 Å². The highest BCUT2D eigenvalue weighted by Gasteiger charge is 2.18. The molecule has 1 heterocycles. The number of esters is 1. The molecule has 4 nitrogen and oxygen atoms in total. The zero-order valence-corrected chi connectivity index (χ0v) is 18.0. The molecule has 0 atom stereocenters. The van der Waals surface area contributed by atoms with E-state index in [1.807, 2.05) is 30.3 Å². The second kappa shape index (κ2) is 9.27. The molecule has 0 saturated carbocycles. The Hall–Kier alpha value is -2.29. The van der Waals surface area contributed by atoms with Crippen LogP contribution in [0, 0.1) is 5.82 Å². The minimum absolute atomic E-state index is 0.180. The lowest BCUT2D eigenvalue weighted by atomic mass is 10.1. The second-order valence-electron chi connectivity index (χ2n) is 5.81. The number of methoxy groups -OCH3 is 1. The van der Waals surface area contributed by atoms with E-state index in [1.165, 1.54) is 24.5 Å². The third kappa shape index (κ3) is 5.15. The third-order valence-corrected chi connectivity index (χ3v) is 5.56. The second-order valence-corrected chi connectivity index (χ2v) is 8.27. The lowest BCUT2D eigenvalue weighted by molar-refractivity contribution is 0.0602. The molecule has 0 radical (unpaired) electrons. The Kier molecular flexibility index (Phi) is 6.77. The molecule has 0 fully saturated rings. The molecular formula is C20H16BrFN2O2S2. The number of nitrogens with one attached hydrogen (secondary N) is 2. The molecule has 0 saturated heterocycles. The molecule has 3 rings (SSSR count). The number of thiophene rings is 1. The van der Waals surface area contributed by atoms with Crippen molar-refractivity contribution in [1.29, 1.82) is 0 Å². The molecule has 0 amide bonds. The molecule has 8 heteroatoms. The highest BCUT2D eigenvalue weighted by Crippen LogP contribution is 2.31. The number of hydrogen-bond acceptors (Lipinski definition) is 4. The molecule has 28 heavy (non-hydrogen) atoms. The zero-order valence-electron chi connectivity index (χ0n) is 14.8. The highest BCUT2D eigenvalue weighted by atomic mass is 79.9. The van der Waals surface area contributed by atoms with Crippen LogP contribution in [0.5, 0.6) is 0 Å². The van der Waals surface area contributed by atoms with Gasteiger partial charge in [0, 0.05) is 15.8 Å². The van der Waals surface area contributed by atoms with Crippen molar-refractivity contribution < 1.29 is 13.9 Å². The lowest BCUT2D eigenvalue weighted by Crippen LogP contribution is -2.20. The van der Waals surface area contributed by atoms with Gasteiger partial charge in [-0.2, -0.15) is 0 Å². The van der Waals surface area contributed by atoms with E-state index in [0.717, 1.165) is 10.4 Å². The van der Waals surface area contributed by atoms with E-state index in [1.54, 1.807) is 18.2 Å². The normalized spacial score (nSPS) is 10.4. The molecule has 144 valence electrons. The SMILES string of the molecule is COC(=O)c1cc(Cc2ccccc2)sc1NC(=S)Nc1ccc(Br)cc1F. The Morgan fingerprint density at radius 1 is 1.18 bits per heavy atom. The van der Waals surface area contributed by atoms with Crippen molar-refractivity contribution in [2.45, 2.75) is 6.42 Å². The van der Waals surface area contributed by atoms with Gasteiger partial charge in [-0.15, -0.1) is 11.3 Å². The lowest BCUT2D eigenvalue weighted by Gasteiger charge is -2.11. The first-order chi connectivity index (χ1) is 13.5. The van der Waals surface area contributed by atoms with Gasteiger partial charge in [-0.1, -0.05) is 46.3 Å². The topological polar surface area (TPSA) is 50.4 Å². The van der Waals surface area contributed by atoms with Crippen molar-refractivity contribution in [3.8, 4) is 0 Å². The van der Waals surface area contributed by atoms with Gasteiger partial charge in [0.05, 0.1) is 18.4 Å². The fourth-order valence-electron chi connectivity index (χ4n) is 2.53. The first-order valence-corrected chi connectivity index (χ1v) is 10.3. The molecule has 2 N–H and O–H groups in total. The van der Waals surface area contributed by atoms with Crippen LogP contribution >= 0.6 is 39.5 Å². The molecule has 0 aliphatic carbocycles. The summed E-state index contributed by atoms with van der Waals surface area (Å²) in [5.41, 5.74) is 1.75. The first-order valence-electron chi connectivity index (χ1n) is 8.24. The van der Waals surface area contributed by atoms with Crippen molar-refractivity contribution in [3.05, 3.63) is 80.9 Å². The zero-order chi connectivity index (χ0) is 20.1. The minimum Gasteiger partial charge on any atom is -0.465 e. The molecule has 0 aliphatic rings. The van der Waals surface area contributed by atoms with E-state index in [-0.39, 0.29) is 10.8 Å². The molecule has 3 aromatic rings. The number of rotatable bonds is 5. The number of halogens is 2. The molecular weight excluding hydrogens is 463 g/mol. The van der Waals surface area contributed by atoms with Crippen LogP contribution in [0.15, 0.2) is 59.1 Å². The number of benzene rings is 2. The molecule has 0 bridgehead atoms. The van der Waals surface area contributed by atoms with Gasteiger partial charge in [-0.3, -0.25) is 0 Å². The van der Waals surface area contributed by atoms with Gasteiger partial charge in [0.25, 0.3) is 0 Å². The van der Waals surface area contributed by atoms with Gasteiger partial charge in [0.2, 0.25) is 0 Å². The number of anilines is 2.